The predicted molar refractivity (Wildman–Crippen MR) is 69.2 cm³/mol. The lowest BCUT2D eigenvalue weighted by Crippen LogP contribution is -2.22. The quantitative estimate of drug-likeness (QED) is 0.777. The smallest absolute Gasteiger partial charge is 0.357 e. The van der Waals surface area contributed by atoms with E-state index >= 15 is 0 Å². The van der Waals surface area contributed by atoms with Gasteiger partial charge in [0, 0.05) is 6.54 Å². The molecule has 6 heteroatoms. The van der Waals surface area contributed by atoms with Crippen LogP contribution in [0.1, 0.15) is 23.1 Å². The van der Waals surface area contributed by atoms with E-state index in [9.17, 15) is 4.79 Å². The Labute approximate surface area is 110 Å². The Morgan fingerprint density at radius 1 is 1.53 bits per heavy atom. The van der Waals surface area contributed by atoms with E-state index in [0.717, 1.165) is 16.7 Å². The molecule has 0 radical (unpaired) electrons. The van der Waals surface area contributed by atoms with E-state index in [1.807, 2.05) is 25.9 Å². The lowest BCUT2D eigenvalue weighted by atomic mass is 10.3. The fourth-order valence-corrected chi connectivity index (χ4v) is 1.86. The van der Waals surface area contributed by atoms with Gasteiger partial charge in [0.15, 0.2) is 5.69 Å². The van der Waals surface area contributed by atoms with E-state index in [1.165, 1.54) is 0 Å². The van der Waals surface area contributed by atoms with Gasteiger partial charge in [0.1, 0.15) is 0 Å². The zero-order valence-corrected chi connectivity index (χ0v) is 12.2. The van der Waals surface area contributed by atoms with Crippen LogP contribution in [-0.4, -0.2) is 47.9 Å². The fraction of sp³-hybridized carbons (Fsp3) is 0.636. The Morgan fingerprint density at radius 3 is 2.71 bits per heavy atom. The molecule has 17 heavy (non-hydrogen) atoms. The zero-order chi connectivity index (χ0) is 13.0. The number of hydrogen-bond donors (Lipinski definition) is 0. The van der Waals surface area contributed by atoms with Crippen molar-refractivity contribution in [2.75, 3.05) is 27.2 Å². The van der Waals surface area contributed by atoms with E-state index in [0.29, 0.717) is 18.8 Å². The molecule has 0 aliphatic rings. The SMILES string of the molecule is CCOC(=O)c1c(Br)c(C)nn1CCN(C)C. The van der Waals surface area contributed by atoms with Crippen molar-refractivity contribution in [1.82, 2.24) is 14.7 Å². The van der Waals surface area contributed by atoms with Crippen LogP contribution in [0.5, 0.6) is 0 Å². The summed E-state index contributed by atoms with van der Waals surface area (Å²) in [6.07, 6.45) is 0. The van der Waals surface area contributed by atoms with Gasteiger partial charge in [-0.1, -0.05) is 0 Å². The molecule has 0 N–H and O–H groups in total. The van der Waals surface area contributed by atoms with Gasteiger partial charge in [-0.05, 0) is 43.9 Å². The maximum Gasteiger partial charge on any atom is 0.357 e. The molecule has 0 bridgehead atoms. The summed E-state index contributed by atoms with van der Waals surface area (Å²) in [6.45, 7) is 5.49. The van der Waals surface area contributed by atoms with E-state index in [2.05, 4.69) is 21.0 Å². The fourth-order valence-electron chi connectivity index (χ4n) is 1.41. The maximum absolute atomic E-state index is 11.8. The number of aryl methyl sites for hydroxylation is 1. The third-order valence-corrected chi connectivity index (χ3v) is 3.23. The third-order valence-electron chi connectivity index (χ3n) is 2.28. The first-order chi connectivity index (χ1) is 7.97. The van der Waals surface area contributed by atoms with Crippen molar-refractivity contribution in [2.24, 2.45) is 0 Å². The largest absolute Gasteiger partial charge is 0.461 e. The Morgan fingerprint density at radius 2 is 2.18 bits per heavy atom. The zero-order valence-electron chi connectivity index (χ0n) is 10.7. The van der Waals surface area contributed by atoms with Crippen LogP contribution in [0.2, 0.25) is 0 Å². The summed E-state index contributed by atoms with van der Waals surface area (Å²) in [6, 6.07) is 0. The number of halogens is 1. The molecule has 0 spiro atoms. The molecule has 0 saturated carbocycles. The molecule has 5 nitrogen and oxygen atoms in total. The summed E-state index contributed by atoms with van der Waals surface area (Å²) < 4.78 is 7.44. The molecular weight excluding hydrogens is 286 g/mol. The molecule has 0 aromatic carbocycles. The summed E-state index contributed by atoms with van der Waals surface area (Å²) in [5.41, 5.74) is 1.29. The van der Waals surface area contributed by atoms with Gasteiger partial charge in [-0.25, -0.2) is 4.79 Å². The third kappa shape index (κ3) is 3.54. The van der Waals surface area contributed by atoms with Gasteiger partial charge in [0.05, 0.1) is 23.3 Å². The summed E-state index contributed by atoms with van der Waals surface area (Å²) >= 11 is 3.38. The van der Waals surface area contributed by atoms with E-state index < -0.39 is 0 Å². The molecule has 1 aromatic heterocycles. The number of esters is 1. The van der Waals surface area contributed by atoms with Crippen LogP contribution in [0, 0.1) is 6.92 Å². The number of ether oxygens (including phenoxy) is 1. The summed E-state index contributed by atoms with van der Waals surface area (Å²) in [5, 5.41) is 4.33. The van der Waals surface area contributed by atoms with E-state index in [1.54, 1.807) is 11.6 Å². The lowest BCUT2D eigenvalue weighted by molar-refractivity contribution is 0.0510. The van der Waals surface area contributed by atoms with Crippen molar-refractivity contribution in [3.05, 3.63) is 15.9 Å². The number of rotatable bonds is 5. The number of likely N-dealkylation sites (N-methyl/N-ethyl adjacent to an activating group) is 1. The standard InChI is InChI=1S/C11H18BrN3O2/c1-5-17-11(16)10-9(12)8(2)13-15(10)7-6-14(3)4/h5-7H2,1-4H3. The van der Waals surface area contributed by atoms with Gasteiger partial charge >= 0.3 is 5.97 Å². The molecule has 0 amide bonds. The lowest BCUT2D eigenvalue weighted by Gasteiger charge is -2.11. The van der Waals surface area contributed by atoms with Crippen LogP contribution < -0.4 is 0 Å². The molecule has 1 heterocycles. The van der Waals surface area contributed by atoms with E-state index in [-0.39, 0.29) is 5.97 Å². The average molecular weight is 304 g/mol. The molecule has 0 saturated heterocycles. The molecule has 1 rings (SSSR count). The van der Waals surface area contributed by atoms with Crippen LogP contribution in [0.15, 0.2) is 4.47 Å². The van der Waals surface area contributed by atoms with Gasteiger partial charge in [0.25, 0.3) is 0 Å². The van der Waals surface area contributed by atoms with Crippen molar-refractivity contribution in [2.45, 2.75) is 20.4 Å². The highest BCUT2D eigenvalue weighted by atomic mass is 79.9. The van der Waals surface area contributed by atoms with Gasteiger partial charge in [-0.15, -0.1) is 0 Å². The molecule has 0 atom stereocenters. The molecule has 0 aliphatic carbocycles. The molecule has 1 aromatic rings. The first kappa shape index (κ1) is 14.2. The number of nitrogens with zero attached hydrogens (tertiary/aromatic N) is 3. The highest BCUT2D eigenvalue weighted by Crippen LogP contribution is 2.21. The second-order valence-corrected chi connectivity index (χ2v) is 4.79. The molecular formula is C11H18BrN3O2. The van der Waals surface area contributed by atoms with E-state index in [4.69, 9.17) is 4.74 Å². The number of carbonyl (C=O) groups is 1. The normalized spacial score (nSPS) is 10.9. The average Bonchev–Trinajstić information content (AvgIpc) is 2.52. The highest BCUT2D eigenvalue weighted by Gasteiger charge is 2.20. The Bertz CT molecular complexity index is 402. The second-order valence-electron chi connectivity index (χ2n) is 3.99. The summed E-state index contributed by atoms with van der Waals surface area (Å²) in [4.78, 5) is 13.9. The predicted octanol–water partition coefficient (Wildman–Crippen LogP) is 1.69. The highest BCUT2D eigenvalue weighted by molar-refractivity contribution is 9.10. The topological polar surface area (TPSA) is 47.4 Å². The van der Waals surface area contributed by atoms with Crippen LogP contribution in [0.25, 0.3) is 0 Å². The molecule has 0 fully saturated rings. The van der Waals surface area contributed by atoms with Crippen LogP contribution in [0.4, 0.5) is 0 Å². The minimum atomic E-state index is -0.335. The second kappa shape index (κ2) is 6.16. The van der Waals surface area contributed by atoms with Crippen LogP contribution in [0.3, 0.4) is 0 Å². The van der Waals surface area contributed by atoms with Gasteiger partial charge < -0.3 is 9.64 Å². The monoisotopic (exact) mass is 303 g/mol. The Kier molecular flexibility index (Phi) is 5.14. The molecule has 0 aliphatic heterocycles. The number of hydrogen-bond acceptors (Lipinski definition) is 4. The van der Waals surface area contributed by atoms with Gasteiger partial charge in [-0.2, -0.15) is 5.10 Å². The van der Waals surface area contributed by atoms with Crippen molar-refractivity contribution in [1.29, 1.82) is 0 Å². The van der Waals surface area contributed by atoms with Crippen LogP contribution >= 0.6 is 15.9 Å². The van der Waals surface area contributed by atoms with Crippen molar-refractivity contribution >= 4 is 21.9 Å². The summed E-state index contributed by atoms with van der Waals surface area (Å²) in [7, 11) is 3.96. The molecule has 0 unspecified atom stereocenters. The minimum absolute atomic E-state index is 0.335. The number of carbonyl (C=O) groups excluding carboxylic acids is 1. The van der Waals surface area contributed by atoms with Gasteiger partial charge in [-0.3, -0.25) is 4.68 Å². The van der Waals surface area contributed by atoms with Crippen LogP contribution in [-0.2, 0) is 11.3 Å². The number of aromatic nitrogens is 2. The first-order valence-electron chi connectivity index (χ1n) is 5.52. The first-order valence-corrected chi connectivity index (χ1v) is 6.31. The van der Waals surface area contributed by atoms with Crippen molar-refractivity contribution in [3.63, 3.8) is 0 Å². The minimum Gasteiger partial charge on any atom is -0.461 e. The summed E-state index contributed by atoms with van der Waals surface area (Å²) in [5.74, 6) is -0.335. The molecule has 96 valence electrons. The van der Waals surface area contributed by atoms with Gasteiger partial charge in [0.2, 0.25) is 0 Å². The Balaban J connectivity index is 2.96. The van der Waals surface area contributed by atoms with Crippen molar-refractivity contribution in [3.8, 4) is 0 Å². The Hall–Kier alpha value is -0.880. The van der Waals surface area contributed by atoms with Crippen molar-refractivity contribution < 1.29 is 9.53 Å². The maximum atomic E-state index is 11.8.